The molecule has 0 spiro atoms. The lowest BCUT2D eigenvalue weighted by atomic mass is 10.2. The largest absolute Gasteiger partial charge is 0.442 e. The van der Waals surface area contributed by atoms with Crippen molar-refractivity contribution in [2.24, 2.45) is 0 Å². The third kappa shape index (κ3) is 5.17. The van der Waals surface area contributed by atoms with Gasteiger partial charge < -0.3 is 25.2 Å². The van der Waals surface area contributed by atoms with E-state index in [1.165, 1.54) is 31.0 Å². The summed E-state index contributed by atoms with van der Waals surface area (Å²) in [6.45, 7) is 3.34. The van der Waals surface area contributed by atoms with E-state index in [1.54, 1.807) is 12.1 Å². The average molecular weight is 521 g/mol. The molecule has 3 amide bonds. The second kappa shape index (κ2) is 10.4. The first-order valence-corrected chi connectivity index (χ1v) is 12.0. The van der Waals surface area contributed by atoms with Gasteiger partial charge in [0, 0.05) is 40.2 Å². The minimum Gasteiger partial charge on any atom is -0.442 e. The van der Waals surface area contributed by atoms with Crippen molar-refractivity contribution in [3.8, 4) is 0 Å². The maximum absolute atomic E-state index is 15.1. The fourth-order valence-corrected chi connectivity index (χ4v) is 5.11. The molecule has 0 saturated carbocycles. The molecular weight excluding hydrogens is 495 g/mol. The number of rotatable bonds is 7. The van der Waals surface area contributed by atoms with Crippen molar-refractivity contribution in [3.05, 3.63) is 45.1 Å². The van der Waals surface area contributed by atoms with Crippen LogP contribution in [0.3, 0.4) is 0 Å². The lowest BCUT2D eigenvalue weighted by Gasteiger charge is -2.36. The molecule has 192 valence electrons. The number of piperazine rings is 1. The molecule has 2 N–H and O–H groups in total. The van der Waals surface area contributed by atoms with Gasteiger partial charge in [-0.15, -0.1) is 0 Å². The van der Waals surface area contributed by atoms with Gasteiger partial charge in [0.25, 0.3) is 5.91 Å². The number of carbonyl (C=O) groups is 3. The summed E-state index contributed by atoms with van der Waals surface area (Å²) in [5.74, 6) is -1.14. The SMILES string of the molecule is CNC(=O)c1cc(N2CCN(c3ccc(N4C[C@H](CNC(C)=O)OC4=O)cc3F)CC2)c([N+](=O)[O-])s1. The van der Waals surface area contributed by atoms with Gasteiger partial charge in [-0.05, 0) is 24.3 Å². The van der Waals surface area contributed by atoms with Crippen LogP contribution in [0.1, 0.15) is 16.6 Å². The molecule has 2 fully saturated rings. The molecular formula is C22H25FN6O6S. The fraction of sp³-hybridized carbons (Fsp3) is 0.409. The van der Waals surface area contributed by atoms with E-state index in [1.807, 2.05) is 9.80 Å². The lowest BCUT2D eigenvalue weighted by molar-refractivity contribution is -0.379. The molecule has 36 heavy (non-hydrogen) atoms. The molecule has 14 heteroatoms. The first-order chi connectivity index (χ1) is 17.2. The molecule has 0 radical (unpaired) electrons. The number of benzene rings is 1. The molecule has 2 aliphatic heterocycles. The van der Waals surface area contributed by atoms with Crippen molar-refractivity contribution in [1.29, 1.82) is 0 Å². The Hall–Kier alpha value is -3.94. The Morgan fingerprint density at radius 3 is 2.44 bits per heavy atom. The van der Waals surface area contributed by atoms with Gasteiger partial charge in [0.15, 0.2) is 0 Å². The minimum atomic E-state index is -0.611. The minimum absolute atomic E-state index is 0.105. The van der Waals surface area contributed by atoms with Crippen molar-refractivity contribution in [3.63, 3.8) is 0 Å². The molecule has 4 rings (SSSR count). The van der Waals surface area contributed by atoms with Crippen LogP contribution in [0.4, 0.5) is 31.2 Å². The molecule has 0 bridgehead atoms. The van der Waals surface area contributed by atoms with E-state index in [9.17, 15) is 24.5 Å². The second-order valence-electron chi connectivity index (χ2n) is 8.30. The van der Waals surface area contributed by atoms with Crippen molar-refractivity contribution in [2.45, 2.75) is 13.0 Å². The van der Waals surface area contributed by atoms with Crippen molar-refractivity contribution in [2.75, 3.05) is 61.0 Å². The van der Waals surface area contributed by atoms with Crippen LogP contribution in [0, 0.1) is 15.9 Å². The zero-order chi connectivity index (χ0) is 26.0. The Kier molecular flexibility index (Phi) is 7.24. The van der Waals surface area contributed by atoms with Crippen LogP contribution in [0.5, 0.6) is 0 Å². The highest BCUT2D eigenvalue weighted by molar-refractivity contribution is 7.17. The number of nitro groups is 1. The summed E-state index contributed by atoms with van der Waals surface area (Å²) in [6.07, 6.45) is -1.14. The Labute approximate surface area is 209 Å². The average Bonchev–Trinajstić information content (AvgIpc) is 3.46. The second-order valence-corrected chi connectivity index (χ2v) is 9.33. The lowest BCUT2D eigenvalue weighted by Crippen LogP contribution is -2.46. The monoisotopic (exact) mass is 520 g/mol. The summed E-state index contributed by atoms with van der Waals surface area (Å²) in [7, 11) is 1.46. The highest BCUT2D eigenvalue weighted by Gasteiger charge is 2.33. The summed E-state index contributed by atoms with van der Waals surface area (Å²) in [5.41, 5.74) is 1.08. The number of carbonyl (C=O) groups excluding carboxylic acids is 3. The Morgan fingerprint density at radius 2 is 1.86 bits per heavy atom. The summed E-state index contributed by atoms with van der Waals surface area (Å²) in [5, 5.41) is 16.5. The summed E-state index contributed by atoms with van der Waals surface area (Å²) in [6, 6.07) is 6.00. The molecule has 2 aromatic rings. The number of anilines is 3. The number of nitrogens with zero attached hydrogens (tertiary/aromatic N) is 4. The molecule has 2 aliphatic rings. The van der Waals surface area contributed by atoms with Crippen LogP contribution in [-0.4, -0.2) is 75.3 Å². The van der Waals surface area contributed by atoms with Gasteiger partial charge >= 0.3 is 11.1 Å². The number of amides is 3. The molecule has 1 atom stereocenters. The number of ether oxygens (including phenoxy) is 1. The van der Waals surface area contributed by atoms with Crippen LogP contribution >= 0.6 is 11.3 Å². The third-order valence-electron chi connectivity index (χ3n) is 5.97. The van der Waals surface area contributed by atoms with Crippen LogP contribution in [0.15, 0.2) is 24.3 Å². The van der Waals surface area contributed by atoms with Gasteiger partial charge in [0.2, 0.25) is 5.91 Å². The molecule has 0 aliphatic carbocycles. The summed E-state index contributed by atoms with van der Waals surface area (Å²) < 4.78 is 20.3. The molecule has 0 unspecified atom stereocenters. The van der Waals surface area contributed by atoms with Gasteiger partial charge in [-0.25, -0.2) is 9.18 Å². The summed E-state index contributed by atoms with van der Waals surface area (Å²) >= 11 is 0.822. The molecule has 12 nitrogen and oxygen atoms in total. The first kappa shape index (κ1) is 25.2. The standard InChI is InChI=1S/C22H25FN6O6S/c1-13(30)25-11-15-12-28(22(32)35-15)14-3-4-17(16(23)9-14)26-5-7-27(8-6-26)18-10-19(20(31)24-2)36-21(18)29(33)34/h3-4,9-10,15H,5-8,11-12H2,1-2H3,(H,24,31)(H,25,30)/t15-/m0/s1. The van der Waals surface area contributed by atoms with E-state index < -0.39 is 28.8 Å². The zero-order valence-electron chi connectivity index (χ0n) is 19.7. The number of nitrogens with one attached hydrogen (secondary N) is 2. The number of cyclic esters (lactones) is 1. The van der Waals surface area contributed by atoms with Crippen molar-refractivity contribution < 1.29 is 28.4 Å². The molecule has 2 saturated heterocycles. The maximum Gasteiger partial charge on any atom is 0.414 e. The predicted octanol–water partition coefficient (Wildman–Crippen LogP) is 1.94. The van der Waals surface area contributed by atoms with Gasteiger partial charge in [0.05, 0.1) is 29.4 Å². The Morgan fingerprint density at radius 1 is 1.19 bits per heavy atom. The number of halogens is 1. The van der Waals surface area contributed by atoms with Crippen molar-refractivity contribution >= 4 is 51.3 Å². The van der Waals surface area contributed by atoms with E-state index in [-0.39, 0.29) is 28.9 Å². The van der Waals surface area contributed by atoms with E-state index in [0.717, 1.165) is 11.3 Å². The van der Waals surface area contributed by atoms with Crippen molar-refractivity contribution in [1.82, 2.24) is 10.6 Å². The van der Waals surface area contributed by atoms with Gasteiger partial charge in [-0.1, -0.05) is 11.3 Å². The topological polar surface area (TPSA) is 137 Å². The predicted molar refractivity (Wildman–Crippen MR) is 131 cm³/mol. The number of hydrogen-bond acceptors (Lipinski definition) is 9. The molecule has 1 aromatic heterocycles. The fourth-order valence-electron chi connectivity index (χ4n) is 4.17. The van der Waals surface area contributed by atoms with Gasteiger partial charge in [-0.2, -0.15) is 0 Å². The molecule has 3 heterocycles. The van der Waals surface area contributed by atoms with E-state index in [2.05, 4.69) is 10.6 Å². The van der Waals surface area contributed by atoms with E-state index >= 15 is 4.39 Å². The van der Waals surface area contributed by atoms with Crippen LogP contribution in [0.25, 0.3) is 0 Å². The third-order valence-corrected chi connectivity index (χ3v) is 7.04. The van der Waals surface area contributed by atoms with Gasteiger partial charge in [0.1, 0.15) is 22.5 Å². The number of thiophene rings is 1. The highest BCUT2D eigenvalue weighted by atomic mass is 32.1. The highest BCUT2D eigenvalue weighted by Crippen LogP contribution is 2.38. The summed E-state index contributed by atoms with van der Waals surface area (Å²) in [4.78, 5) is 51.5. The Bertz CT molecular complexity index is 1200. The normalized spacial score (nSPS) is 17.7. The maximum atomic E-state index is 15.1. The van der Waals surface area contributed by atoms with Crippen LogP contribution < -0.4 is 25.3 Å². The first-order valence-electron chi connectivity index (χ1n) is 11.2. The molecule has 1 aromatic carbocycles. The zero-order valence-corrected chi connectivity index (χ0v) is 20.5. The number of hydrogen-bond donors (Lipinski definition) is 2. The quantitative estimate of drug-likeness (QED) is 0.418. The van der Waals surface area contributed by atoms with E-state index in [0.29, 0.717) is 43.2 Å². The Balaban J connectivity index is 1.42. The van der Waals surface area contributed by atoms with Crippen LogP contribution in [0.2, 0.25) is 0 Å². The van der Waals surface area contributed by atoms with Crippen LogP contribution in [-0.2, 0) is 9.53 Å². The smallest absolute Gasteiger partial charge is 0.414 e. The van der Waals surface area contributed by atoms with E-state index in [4.69, 9.17) is 4.74 Å². The van der Waals surface area contributed by atoms with Gasteiger partial charge in [-0.3, -0.25) is 24.6 Å².